The normalized spacial score (nSPS) is 13.2. The van der Waals surface area contributed by atoms with E-state index >= 15 is 0 Å². The Balaban J connectivity index is 0. The number of carbonyl (C=O) groups excluding carboxylic acids is 3. The molecule has 1 aliphatic heterocycles. The molecule has 1 heterocycles. The molecule has 208 valence electrons. The van der Waals surface area contributed by atoms with Crippen molar-refractivity contribution in [2.45, 2.75) is 51.7 Å². The molecule has 1 N–H and O–H groups in total. The summed E-state index contributed by atoms with van der Waals surface area (Å²) in [4.78, 5) is 33.1. The van der Waals surface area contributed by atoms with Crippen LogP contribution in [0.25, 0.3) is 0 Å². The maximum Gasteiger partial charge on any atom is 0.409 e. The molecule has 1 saturated heterocycles. The topological polar surface area (TPSA) is 113 Å². The highest BCUT2D eigenvalue weighted by molar-refractivity contribution is 7.80. The lowest BCUT2D eigenvalue weighted by molar-refractivity contribution is -0.118. The fraction of sp³-hybridized carbons (Fsp3) is 0.875. The number of hydrogen-bond acceptors (Lipinski definition) is 10. The number of hydrogen-bond donors (Lipinski definition) is 2. The minimum Gasteiger partial charge on any atom is -0.447 e. The third-order valence-electron chi connectivity index (χ3n) is 4.40. The fourth-order valence-corrected chi connectivity index (χ4v) is 2.76. The number of ether oxygens (including phenoxy) is 5. The molecule has 11 heteroatoms. The summed E-state index contributed by atoms with van der Waals surface area (Å²) in [6.45, 7) is 12.3. The second-order valence-corrected chi connectivity index (χ2v) is 8.02. The van der Waals surface area contributed by atoms with Gasteiger partial charge in [0.1, 0.15) is 18.7 Å². The van der Waals surface area contributed by atoms with Crippen LogP contribution in [-0.2, 0) is 33.3 Å². The van der Waals surface area contributed by atoms with Crippen molar-refractivity contribution in [3.63, 3.8) is 0 Å². The molecule has 0 spiro atoms. The molecule has 0 radical (unpaired) electrons. The highest BCUT2D eigenvalue weighted by Gasteiger charge is 2.21. The Hall–Kier alpha value is -1.24. The summed E-state index contributed by atoms with van der Waals surface area (Å²) in [5.41, 5.74) is 0. The van der Waals surface area contributed by atoms with Gasteiger partial charge >= 0.3 is 6.09 Å². The summed E-state index contributed by atoms with van der Waals surface area (Å²) in [5.74, 6) is 0.0760. The van der Waals surface area contributed by atoms with Gasteiger partial charge in [0.05, 0.1) is 52.9 Å². The number of likely N-dealkylation sites (N-methyl/N-ethyl adjacent to an activating group) is 1. The summed E-state index contributed by atoms with van der Waals surface area (Å²) in [5, 5.41) is 3.40. The summed E-state index contributed by atoms with van der Waals surface area (Å²) in [6, 6.07) is 0. The van der Waals surface area contributed by atoms with Crippen LogP contribution in [-0.4, -0.2) is 114 Å². The van der Waals surface area contributed by atoms with Crippen LogP contribution in [0.3, 0.4) is 0 Å². The number of nitrogens with zero attached hydrogens (tertiary/aromatic N) is 1. The largest absolute Gasteiger partial charge is 0.447 e. The number of rotatable bonds is 18. The van der Waals surface area contributed by atoms with Gasteiger partial charge in [0.25, 0.3) is 0 Å². The van der Waals surface area contributed by atoms with Gasteiger partial charge in [-0.05, 0) is 26.8 Å². The van der Waals surface area contributed by atoms with Crippen LogP contribution in [0.5, 0.6) is 0 Å². The Morgan fingerprint density at radius 2 is 1.34 bits per heavy atom. The van der Waals surface area contributed by atoms with Crippen LogP contribution in [0.1, 0.15) is 46.5 Å². The molecule has 10 nitrogen and oxygen atoms in total. The van der Waals surface area contributed by atoms with Gasteiger partial charge in [-0.1, -0.05) is 13.8 Å². The van der Waals surface area contributed by atoms with Crippen molar-refractivity contribution >= 4 is 30.8 Å². The molecule has 0 aromatic rings. The maximum absolute atomic E-state index is 11.8. The first-order valence-corrected chi connectivity index (χ1v) is 13.0. The zero-order valence-corrected chi connectivity index (χ0v) is 23.0. The number of likely N-dealkylation sites (tertiary alicyclic amines) is 1. The molecular formula is C24H48N2O8S. The Morgan fingerprint density at radius 1 is 0.886 bits per heavy atom. The predicted octanol–water partition coefficient (Wildman–Crippen LogP) is 2.38. The van der Waals surface area contributed by atoms with Crippen LogP contribution in [0.2, 0.25) is 0 Å². The second-order valence-electron chi connectivity index (χ2n) is 7.29. The molecule has 0 saturated carbocycles. The van der Waals surface area contributed by atoms with Gasteiger partial charge in [-0.25, -0.2) is 4.79 Å². The van der Waals surface area contributed by atoms with E-state index < -0.39 is 0 Å². The second kappa shape index (κ2) is 29.0. The summed E-state index contributed by atoms with van der Waals surface area (Å²) in [7, 11) is 1.89. The molecule has 1 amide bonds. The summed E-state index contributed by atoms with van der Waals surface area (Å²) < 4.78 is 26.6. The smallest absolute Gasteiger partial charge is 0.409 e. The van der Waals surface area contributed by atoms with E-state index in [0.29, 0.717) is 84.0 Å². The zero-order valence-electron chi connectivity index (χ0n) is 22.1. The monoisotopic (exact) mass is 524 g/mol. The minimum absolute atomic E-state index is 0.0760. The molecular weight excluding hydrogens is 476 g/mol. The molecule has 0 aromatic heterocycles. The van der Waals surface area contributed by atoms with Crippen LogP contribution in [0.4, 0.5) is 4.79 Å². The summed E-state index contributed by atoms with van der Waals surface area (Å²) >= 11 is 4.41. The minimum atomic E-state index is -0.267. The molecule has 0 unspecified atom stereocenters. The first kappa shape index (κ1) is 35.9. The maximum atomic E-state index is 11.8. The Kier molecular flexibility index (Phi) is 29.8. The van der Waals surface area contributed by atoms with Crippen LogP contribution in [0.15, 0.2) is 0 Å². The molecule has 0 atom stereocenters. The van der Waals surface area contributed by atoms with E-state index in [2.05, 4.69) is 17.9 Å². The number of ketones is 1. The molecule has 0 aliphatic carbocycles. The quantitative estimate of drug-likeness (QED) is 0.159. The number of Topliss-reactive ketones (excluding diaryl/α,β-unsaturated/α-hetero) is 1. The van der Waals surface area contributed by atoms with E-state index in [9.17, 15) is 14.4 Å². The molecule has 1 aliphatic rings. The van der Waals surface area contributed by atoms with Crippen molar-refractivity contribution in [1.82, 2.24) is 10.2 Å². The molecule has 1 fully saturated rings. The van der Waals surface area contributed by atoms with E-state index in [1.54, 1.807) is 4.90 Å². The van der Waals surface area contributed by atoms with E-state index in [1.165, 1.54) is 6.92 Å². The average molecular weight is 525 g/mol. The number of carbonyl (C=O) groups is 3. The number of amides is 1. The van der Waals surface area contributed by atoms with Crippen molar-refractivity contribution in [2.24, 2.45) is 0 Å². The van der Waals surface area contributed by atoms with Gasteiger partial charge in [-0.3, -0.25) is 0 Å². The lowest BCUT2D eigenvalue weighted by atomic mass is 10.1. The first-order chi connectivity index (χ1) is 17.0. The number of thiol groups is 1. The summed E-state index contributed by atoms with van der Waals surface area (Å²) in [6.07, 6.45) is 3.08. The Morgan fingerprint density at radius 3 is 1.74 bits per heavy atom. The Bertz CT molecular complexity index is 492. The highest BCUT2D eigenvalue weighted by Crippen LogP contribution is 2.15. The number of aldehydes is 1. The van der Waals surface area contributed by atoms with E-state index in [-0.39, 0.29) is 18.5 Å². The van der Waals surface area contributed by atoms with Gasteiger partial charge < -0.3 is 43.5 Å². The van der Waals surface area contributed by atoms with Crippen LogP contribution < -0.4 is 5.32 Å². The van der Waals surface area contributed by atoms with Crippen molar-refractivity contribution in [3.8, 4) is 0 Å². The van der Waals surface area contributed by atoms with Crippen LogP contribution >= 0.6 is 12.6 Å². The molecule has 1 rings (SSSR count). The number of piperidine rings is 1. The van der Waals surface area contributed by atoms with Gasteiger partial charge in [-0.2, -0.15) is 12.6 Å². The van der Waals surface area contributed by atoms with Crippen molar-refractivity contribution in [2.75, 3.05) is 86.1 Å². The predicted molar refractivity (Wildman–Crippen MR) is 139 cm³/mol. The van der Waals surface area contributed by atoms with Crippen LogP contribution in [0, 0.1) is 0 Å². The van der Waals surface area contributed by atoms with Gasteiger partial charge in [0.2, 0.25) is 0 Å². The number of nitrogens with one attached hydrogen (secondary N) is 1. The van der Waals surface area contributed by atoms with Gasteiger partial charge in [-0.15, -0.1) is 0 Å². The fourth-order valence-electron chi connectivity index (χ4n) is 2.53. The molecule has 0 aromatic carbocycles. The third kappa shape index (κ3) is 27.2. The van der Waals surface area contributed by atoms with Crippen molar-refractivity contribution in [3.05, 3.63) is 0 Å². The first-order valence-electron chi connectivity index (χ1n) is 12.5. The molecule has 0 bridgehead atoms. The van der Waals surface area contributed by atoms with Gasteiger partial charge in [0.15, 0.2) is 0 Å². The lowest BCUT2D eigenvalue weighted by Crippen LogP contribution is -2.39. The Labute approximate surface area is 217 Å². The standard InChI is InChI=1S/C17H34N2O6S.C5H8O2.C2H6/c1-18-4-7-21-8-9-22-10-11-23-12-13-24-14-15-25-17(20)19-5-2-16(26)3-6-19;1-5(7)3-2-4-6;1-2/h16,18,26H,2-15H2,1H3;4H,2-3H2,1H3;1-2H3. The SMILES string of the molecule is CC.CC(=O)CCC=O.CNCCOCCOCCOCCOCCOC(=O)N1CCC(S)CC1. The highest BCUT2D eigenvalue weighted by atomic mass is 32.1. The average Bonchev–Trinajstić information content (AvgIpc) is 2.87. The molecule has 35 heavy (non-hydrogen) atoms. The zero-order chi connectivity index (χ0) is 26.6. The van der Waals surface area contributed by atoms with E-state index in [4.69, 9.17) is 23.7 Å². The van der Waals surface area contributed by atoms with E-state index in [0.717, 1.165) is 25.7 Å². The third-order valence-corrected chi connectivity index (χ3v) is 4.92. The van der Waals surface area contributed by atoms with E-state index in [1.807, 2.05) is 20.9 Å². The van der Waals surface area contributed by atoms with Gasteiger partial charge in [0, 0.05) is 37.7 Å². The van der Waals surface area contributed by atoms with Crippen molar-refractivity contribution < 1.29 is 38.1 Å². The lowest BCUT2D eigenvalue weighted by Gasteiger charge is -2.28. The van der Waals surface area contributed by atoms with Crippen molar-refractivity contribution in [1.29, 1.82) is 0 Å².